The molecule has 1 aromatic carbocycles. The van der Waals surface area contributed by atoms with E-state index in [1.165, 1.54) is 18.1 Å². The van der Waals surface area contributed by atoms with Gasteiger partial charge in [0.2, 0.25) is 0 Å². The molecule has 0 spiro atoms. The summed E-state index contributed by atoms with van der Waals surface area (Å²) in [5.74, 6) is 0. The maximum absolute atomic E-state index is 12.2. The average Bonchev–Trinajstić information content (AvgIpc) is 2.92. The van der Waals surface area contributed by atoms with E-state index in [1.54, 1.807) is 0 Å². The van der Waals surface area contributed by atoms with Crippen LogP contribution in [-0.4, -0.2) is 42.4 Å². The van der Waals surface area contributed by atoms with E-state index in [1.807, 2.05) is 39.1 Å². The van der Waals surface area contributed by atoms with Crippen LogP contribution >= 0.6 is 0 Å². The number of likely N-dealkylation sites (N-methyl/N-ethyl adjacent to an activating group) is 1. The standard InChI is InChI=1S/C15H22N4O2S/c1-15(2,18-22(20,21)14-9-16-12-17-14)11-19(3)10-13-7-5-4-6-8-13/h4-9,12,18H,10-11H2,1-3H3,(H,16,17). The molecule has 0 unspecified atom stereocenters. The Morgan fingerprint density at radius 2 is 1.95 bits per heavy atom. The van der Waals surface area contributed by atoms with E-state index in [0.29, 0.717) is 6.54 Å². The van der Waals surface area contributed by atoms with Gasteiger partial charge >= 0.3 is 0 Å². The highest BCUT2D eigenvalue weighted by atomic mass is 32.2. The molecule has 0 fully saturated rings. The van der Waals surface area contributed by atoms with Gasteiger partial charge in [-0.2, -0.15) is 0 Å². The van der Waals surface area contributed by atoms with Crippen molar-refractivity contribution in [2.45, 2.75) is 31.0 Å². The Balaban J connectivity index is 1.98. The number of imidazole rings is 1. The molecule has 0 bridgehead atoms. The monoisotopic (exact) mass is 322 g/mol. The van der Waals surface area contributed by atoms with Crippen LogP contribution in [0.15, 0.2) is 47.9 Å². The van der Waals surface area contributed by atoms with Gasteiger partial charge in [0, 0.05) is 18.6 Å². The van der Waals surface area contributed by atoms with E-state index in [-0.39, 0.29) is 5.03 Å². The van der Waals surface area contributed by atoms with Crippen molar-refractivity contribution in [3.63, 3.8) is 0 Å². The molecule has 0 saturated carbocycles. The van der Waals surface area contributed by atoms with Gasteiger partial charge in [0.05, 0.1) is 12.5 Å². The van der Waals surface area contributed by atoms with Gasteiger partial charge in [-0.1, -0.05) is 30.3 Å². The summed E-state index contributed by atoms with van der Waals surface area (Å²) in [4.78, 5) is 8.46. The van der Waals surface area contributed by atoms with Crippen molar-refractivity contribution in [3.8, 4) is 0 Å². The zero-order valence-corrected chi connectivity index (χ0v) is 13.9. The lowest BCUT2D eigenvalue weighted by atomic mass is 10.1. The number of sulfonamides is 1. The van der Waals surface area contributed by atoms with Gasteiger partial charge in [0.25, 0.3) is 10.0 Å². The maximum atomic E-state index is 12.2. The summed E-state index contributed by atoms with van der Waals surface area (Å²) in [5.41, 5.74) is 0.588. The van der Waals surface area contributed by atoms with Gasteiger partial charge in [-0.15, -0.1) is 0 Å². The number of aromatic amines is 1. The molecule has 0 aliphatic heterocycles. The number of benzene rings is 1. The molecular formula is C15H22N4O2S. The number of nitrogens with zero attached hydrogens (tertiary/aromatic N) is 2. The summed E-state index contributed by atoms with van der Waals surface area (Å²) in [6, 6.07) is 10.1. The van der Waals surface area contributed by atoms with Crippen molar-refractivity contribution in [3.05, 3.63) is 48.4 Å². The number of H-pyrrole nitrogens is 1. The van der Waals surface area contributed by atoms with Crippen molar-refractivity contribution < 1.29 is 8.42 Å². The Morgan fingerprint density at radius 3 is 2.55 bits per heavy atom. The first-order valence-corrected chi connectivity index (χ1v) is 8.52. The molecule has 22 heavy (non-hydrogen) atoms. The van der Waals surface area contributed by atoms with Crippen molar-refractivity contribution in [2.24, 2.45) is 0 Å². The van der Waals surface area contributed by atoms with E-state index < -0.39 is 15.6 Å². The van der Waals surface area contributed by atoms with Gasteiger partial charge < -0.3 is 9.88 Å². The van der Waals surface area contributed by atoms with Crippen LogP contribution < -0.4 is 4.72 Å². The molecule has 1 heterocycles. The summed E-state index contributed by atoms with van der Waals surface area (Å²) in [6.45, 7) is 5.07. The van der Waals surface area contributed by atoms with E-state index in [0.717, 1.165) is 6.54 Å². The van der Waals surface area contributed by atoms with E-state index in [9.17, 15) is 8.42 Å². The first kappa shape index (κ1) is 16.7. The van der Waals surface area contributed by atoms with E-state index >= 15 is 0 Å². The Morgan fingerprint density at radius 1 is 1.27 bits per heavy atom. The zero-order valence-electron chi connectivity index (χ0n) is 13.1. The van der Waals surface area contributed by atoms with Crippen LogP contribution in [0.1, 0.15) is 19.4 Å². The average molecular weight is 322 g/mol. The maximum Gasteiger partial charge on any atom is 0.258 e. The third-order valence-corrected chi connectivity index (χ3v) is 4.76. The van der Waals surface area contributed by atoms with Crippen LogP contribution in [0.4, 0.5) is 0 Å². The topological polar surface area (TPSA) is 78.1 Å². The largest absolute Gasteiger partial charge is 0.335 e. The van der Waals surface area contributed by atoms with Crippen molar-refractivity contribution in [2.75, 3.05) is 13.6 Å². The first-order valence-electron chi connectivity index (χ1n) is 7.03. The highest BCUT2D eigenvalue weighted by Gasteiger charge is 2.28. The predicted octanol–water partition coefficient (Wildman–Crippen LogP) is 1.60. The van der Waals surface area contributed by atoms with Gasteiger partial charge in [-0.3, -0.25) is 0 Å². The Kier molecular flexibility index (Phi) is 5.00. The third-order valence-electron chi connectivity index (χ3n) is 3.13. The van der Waals surface area contributed by atoms with E-state index in [4.69, 9.17) is 0 Å². The molecule has 0 aliphatic carbocycles. The molecule has 0 saturated heterocycles. The summed E-state index contributed by atoms with van der Waals surface area (Å²) >= 11 is 0. The van der Waals surface area contributed by atoms with Crippen molar-refractivity contribution >= 4 is 10.0 Å². The van der Waals surface area contributed by atoms with E-state index in [2.05, 4.69) is 31.7 Å². The fourth-order valence-corrected chi connectivity index (χ4v) is 3.78. The Labute approximate surface area is 131 Å². The van der Waals surface area contributed by atoms with Gasteiger partial charge in [-0.05, 0) is 26.5 Å². The van der Waals surface area contributed by atoms with Gasteiger partial charge in [-0.25, -0.2) is 18.1 Å². The molecule has 1 aromatic heterocycles. The number of aromatic nitrogens is 2. The minimum Gasteiger partial charge on any atom is -0.335 e. The highest BCUT2D eigenvalue weighted by Crippen LogP contribution is 2.13. The number of hydrogen-bond acceptors (Lipinski definition) is 4. The molecular weight excluding hydrogens is 300 g/mol. The van der Waals surface area contributed by atoms with Crippen LogP contribution in [0.3, 0.4) is 0 Å². The fourth-order valence-electron chi connectivity index (χ4n) is 2.47. The van der Waals surface area contributed by atoms with Crippen LogP contribution in [0.25, 0.3) is 0 Å². The lowest BCUT2D eigenvalue weighted by Gasteiger charge is -2.30. The zero-order chi connectivity index (χ0) is 16.2. The third kappa shape index (κ3) is 4.66. The normalized spacial score (nSPS) is 12.7. The number of rotatable bonds is 7. The van der Waals surface area contributed by atoms with Crippen molar-refractivity contribution in [1.29, 1.82) is 0 Å². The quantitative estimate of drug-likeness (QED) is 0.811. The molecule has 0 radical (unpaired) electrons. The molecule has 120 valence electrons. The Hall–Kier alpha value is -1.70. The molecule has 2 aromatic rings. The van der Waals surface area contributed by atoms with Crippen LogP contribution in [-0.2, 0) is 16.6 Å². The second kappa shape index (κ2) is 6.60. The van der Waals surface area contributed by atoms with Crippen LogP contribution in [0.2, 0.25) is 0 Å². The molecule has 0 atom stereocenters. The smallest absolute Gasteiger partial charge is 0.258 e. The first-order chi connectivity index (χ1) is 10.3. The van der Waals surface area contributed by atoms with Gasteiger partial charge in [0.15, 0.2) is 5.03 Å². The second-order valence-electron chi connectivity index (χ2n) is 6.06. The molecule has 2 rings (SSSR count). The summed E-state index contributed by atoms with van der Waals surface area (Å²) in [6.07, 6.45) is 2.65. The summed E-state index contributed by atoms with van der Waals surface area (Å²) in [5, 5.41) is 0.0753. The molecule has 6 nitrogen and oxygen atoms in total. The highest BCUT2D eigenvalue weighted by molar-refractivity contribution is 7.89. The summed E-state index contributed by atoms with van der Waals surface area (Å²) < 4.78 is 27.2. The molecule has 2 N–H and O–H groups in total. The number of hydrogen-bond donors (Lipinski definition) is 2. The second-order valence-corrected chi connectivity index (χ2v) is 7.71. The van der Waals surface area contributed by atoms with Crippen LogP contribution in [0, 0.1) is 0 Å². The molecule has 7 heteroatoms. The number of nitrogens with one attached hydrogen (secondary N) is 2. The minimum atomic E-state index is -3.59. The van der Waals surface area contributed by atoms with Crippen molar-refractivity contribution in [1.82, 2.24) is 19.6 Å². The minimum absolute atomic E-state index is 0.0753. The Bertz CT molecular complexity index is 682. The van der Waals surface area contributed by atoms with Crippen LogP contribution in [0.5, 0.6) is 0 Å². The molecule has 0 aliphatic rings. The SMILES string of the molecule is CN(Cc1ccccc1)CC(C)(C)NS(=O)(=O)c1cnc[nH]1. The predicted molar refractivity (Wildman–Crippen MR) is 85.8 cm³/mol. The lowest BCUT2D eigenvalue weighted by molar-refractivity contribution is 0.250. The lowest BCUT2D eigenvalue weighted by Crippen LogP contribution is -2.50. The van der Waals surface area contributed by atoms with Gasteiger partial charge in [0.1, 0.15) is 0 Å². The fraction of sp³-hybridized carbons (Fsp3) is 0.400. The summed E-state index contributed by atoms with van der Waals surface area (Å²) in [7, 11) is -1.62. The molecule has 0 amide bonds.